The predicted octanol–water partition coefficient (Wildman–Crippen LogP) is 5.12. The Balaban J connectivity index is 1.67. The van der Waals surface area contributed by atoms with Crippen LogP contribution in [-0.2, 0) is 16.4 Å². The summed E-state index contributed by atoms with van der Waals surface area (Å²) >= 11 is 1.28. The van der Waals surface area contributed by atoms with E-state index in [4.69, 9.17) is 4.74 Å². The van der Waals surface area contributed by atoms with Crippen LogP contribution in [0.25, 0.3) is 10.2 Å². The number of nitrogens with zero attached hydrogens (tertiary/aromatic N) is 3. The molecule has 0 N–H and O–H groups in total. The SMILES string of the molecule is CCCCOc1ccc(C(=O)N(Cc2cccnc2)c2nc3ccc(S(C)(=O)=O)cc3s2)cc1. The average Bonchev–Trinajstić information content (AvgIpc) is 3.26. The van der Waals surface area contributed by atoms with E-state index in [-0.39, 0.29) is 17.3 Å². The Labute approximate surface area is 203 Å². The summed E-state index contributed by atoms with van der Waals surface area (Å²) in [6, 6.07) is 15.6. The van der Waals surface area contributed by atoms with Crippen LogP contribution < -0.4 is 9.64 Å². The number of fused-ring (bicyclic) bond motifs is 1. The average molecular weight is 496 g/mol. The molecule has 0 aliphatic rings. The standard InChI is InChI=1S/C25H25N3O4S2/c1-3-4-14-32-20-9-7-19(8-10-20)24(29)28(17-18-6-5-13-26-16-18)25-27-22-12-11-21(34(2,30)31)15-23(22)33-25/h5-13,15-16H,3-4,14,17H2,1-2H3. The molecule has 34 heavy (non-hydrogen) atoms. The van der Waals surface area contributed by atoms with Crippen LogP contribution in [0.4, 0.5) is 5.13 Å². The van der Waals surface area contributed by atoms with Gasteiger partial charge in [0.25, 0.3) is 5.91 Å². The molecule has 0 saturated heterocycles. The fourth-order valence-corrected chi connectivity index (χ4v) is 5.05. The van der Waals surface area contributed by atoms with Crippen LogP contribution in [0.3, 0.4) is 0 Å². The van der Waals surface area contributed by atoms with Gasteiger partial charge in [-0.15, -0.1) is 0 Å². The number of anilines is 1. The molecule has 9 heteroatoms. The van der Waals surface area contributed by atoms with Crippen LogP contribution in [0.1, 0.15) is 35.7 Å². The lowest BCUT2D eigenvalue weighted by Gasteiger charge is -2.20. The first-order valence-electron chi connectivity index (χ1n) is 10.9. The molecular formula is C25H25N3O4S2. The van der Waals surface area contributed by atoms with E-state index in [1.165, 1.54) is 23.7 Å². The van der Waals surface area contributed by atoms with Gasteiger partial charge in [0.1, 0.15) is 5.75 Å². The Hall–Kier alpha value is -3.30. The van der Waals surface area contributed by atoms with E-state index in [1.54, 1.807) is 53.7 Å². The summed E-state index contributed by atoms with van der Waals surface area (Å²) in [6.45, 7) is 3.02. The highest BCUT2D eigenvalue weighted by molar-refractivity contribution is 7.90. The maximum atomic E-state index is 13.6. The largest absolute Gasteiger partial charge is 0.494 e. The molecule has 0 spiro atoms. The number of ether oxygens (including phenoxy) is 1. The molecule has 2 aromatic carbocycles. The molecule has 0 fully saturated rings. The van der Waals surface area contributed by atoms with Gasteiger partial charge in [-0.2, -0.15) is 0 Å². The monoisotopic (exact) mass is 495 g/mol. The van der Waals surface area contributed by atoms with Crippen LogP contribution in [0.2, 0.25) is 0 Å². The number of hydrogen-bond acceptors (Lipinski definition) is 7. The number of carbonyl (C=O) groups is 1. The maximum absolute atomic E-state index is 13.6. The zero-order valence-electron chi connectivity index (χ0n) is 19.0. The molecule has 0 aliphatic heterocycles. The zero-order valence-corrected chi connectivity index (χ0v) is 20.6. The number of amides is 1. The molecule has 4 aromatic rings. The molecule has 2 heterocycles. The van der Waals surface area contributed by atoms with Gasteiger partial charge in [-0.3, -0.25) is 14.7 Å². The fraction of sp³-hybridized carbons (Fsp3) is 0.240. The van der Waals surface area contributed by atoms with Crippen molar-refractivity contribution in [1.82, 2.24) is 9.97 Å². The van der Waals surface area contributed by atoms with Gasteiger partial charge in [0.2, 0.25) is 0 Å². The van der Waals surface area contributed by atoms with E-state index in [0.29, 0.717) is 27.5 Å². The third-order valence-electron chi connectivity index (χ3n) is 5.18. The van der Waals surface area contributed by atoms with Crippen LogP contribution in [0.5, 0.6) is 5.75 Å². The molecule has 0 unspecified atom stereocenters. The maximum Gasteiger partial charge on any atom is 0.260 e. The topological polar surface area (TPSA) is 89.5 Å². The Morgan fingerprint density at radius 3 is 2.59 bits per heavy atom. The van der Waals surface area contributed by atoms with Crippen molar-refractivity contribution in [3.8, 4) is 5.75 Å². The van der Waals surface area contributed by atoms with Crippen molar-refractivity contribution in [2.24, 2.45) is 0 Å². The van der Waals surface area contributed by atoms with Crippen molar-refractivity contribution in [3.63, 3.8) is 0 Å². The van der Waals surface area contributed by atoms with Crippen molar-refractivity contribution in [2.45, 2.75) is 31.2 Å². The molecule has 4 rings (SSSR count). The first kappa shape index (κ1) is 23.8. The number of rotatable bonds is 9. The molecule has 7 nitrogen and oxygen atoms in total. The summed E-state index contributed by atoms with van der Waals surface area (Å²) in [5.41, 5.74) is 1.99. The van der Waals surface area contributed by atoms with Crippen LogP contribution in [0.15, 0.2) is 71.9 Å². The van der Waals surface area contributed by atoms with Crippen LogP contribution in [0, 0.1) is 0 Å². The minimum absolute atomic E-state index is 0.216. The van der Waals surface area contributed by atoms with Crippen LogP contribution in [-0.4, -0.2) is 37.2 Å². The van der Waals surface area contributed by atoms with Gasteiger partial charge in [-0.25, -0.2) is 13.4 Å². The van der Waals surface area contributed by atoms with Gasteiger partial charge >= 0.3 is 0 Å². The number of hydrogen-bond donors (Lipinski definition) is 0. The van der Waals surface area contributed by atoms with E-state index in [1.807, 2.05) is 12.1 Å². The van der Waals surface area contributed by atoms with E-state index >= 15 is 0 Å². The van der Waals surface area contributed by atoms with E-state index in [0.717, 1.165) is 24.2 Å². The molecule has 0 aliphatic carbocycles. The fourth-order valence-electron chi connectivity index (χ4n) is 3.32. The van der Waals surface area contributed by atoms with E-state index in [9.17, 15) is 13.2 Å². The normalized spacial score (nSPS) is 11.5. The van der Waals surface area contributed by atoms with Gasteiger partial charge in [0.15, 0.2) is 15.0 Å². The van der Waals surface area contributed by atoms with Gasteiger partial charge in [0, 0.05) is 24.2 Å². The number of thiazole rings is 1. The number of unbranched alkanes of at least 4 members (excludes halogenated alkanes) is 1. The van der Waals surface area contributed by atoms with E-state index < -0.39 is 9.84 Å². The summed E-state index contributed by atoms with van der Waals surface area (Å²) in [5, 5.41) is 0.484. The summed E-state index contributed by atoms with van der Waals surface area (Å²) < 4.78 is 30.3. The minimum Gasteiger partial charge on any atom is -0.494 e. The number of carbonyl (C=O) groups excluding carboxylic acids is 1. The highest BCUT2D eigenvalue weighted by Gasteiger charge is 2.22. The van der Waals surface area contributed by atoms with Crippen molar-refractivity contribution in [1.29, 1.82) is 0 Å². The van der Waals surface area contributed by atoms with Crippen molar-refractivity contribution < 1.29 is 17.9 Å². The van der Waals surface area contributed by atoms with Gasteiger partial charge in [0.05, 0.1) is 28.3 Å². The summed E-state index contributed by atoms with van der Waals surface area (Å²) in [5.74, 6) is 0.503. The molecule has 0 atom stereocenters. The third kappa shape index (κ3) is 5.60. The number of pyridine rings is 1. The van der Waals surface area contributed by atoms with Crippen molar-refractivity contribution in [2.75, 3.05) is 17.8 Å². The summed E-state index contributed by atoms with van der Waals surface area (Å²) in [6.07, 6.45) is 6.58. The van der Waals surface area contributed by atoms with Gasteiger partial charge in [-0.05, 0) is 60.5 Å². The number of sulfone groups is 1. The Morgan fingerprint density at radius 2 is 1.91 bits per heavy atom. The van der Waals surface area contributed by atoms with E-state index in [2.05, 4.69) is 16.9 Å². The third-order valence-corrected chi connectivity index (χ3v) is 7.34. The quantitative estimate of drug-likeness (QED) is 0.299. The molecule has 1 amide bonds. The lowest BCUT2D eigenvalue weighted by molar-refractivity contribution is 0.0985. The molecular weight excluding hydrogens is 470 g/mol. The molecule has 0 bridgehead atoms. The van der Waals surface area contributed by atoms with Gasteiger partial charge in [-0.1, -0.05) is 30.7 Å². The summed E-state index contributed by atoms with van der Waals surface area (Å²) in [4.78, 5) is 24.2. The lowest BCUT2D eigenvalue weighted by Crippen LogP contribution is -2.30. The Bertz CT molecular complexity index is 1380. The minimum atomic E-state index is -3.35. The second kappa shape index (κ2) is 10.3. The molecule has 0 saturated carbocycles. The lowest BCUT2D eigenvalue weighted by atomic mass is 10.2. The van der Waals surface area contributed by atoms with Crippen molar-refractivity contribution in [3.05, 3.63) is 78.1 Å². The number of benzene rings is 2. The molecule has 176 valence electrons. The van der Waals surface area contributed by atoms with Crippen LogP contribution >= 0.6 is 11.3 Å². The first-order chi connectivity index (χ1) is 16.3. The Kier molecular flexibility index (Phi) is 7.23. The second-order valence-electron chi connectivity index (χ2n) is 7.88. The summed E-state index contributed by atoms with van der Waals surface area (Å²) in [7, 11) is -3.35. The first-order valence-corrected chi connectivity index (χ1v) is 13.6. The highest BCUT2D eigenvalue weighted by atomic mass is 32.2. The zero-order chi connectivity index (χ0) is 24.1. The number of aromatic nitrogens is 2. The predicted molar refractivity (Wildman–Crippen MR) is 134 cm³/mol. The van der Waals surface area contributed by atoms with Crippen molar-refractivity contribution >= 4 is 42.4 Å². The second-order valence-corrected chi connectivity index (χ2v) is 10.9. The Morgan fingerprint density at radius 1 is 1.12 bits per heavy atom. The van der Waals surface area contributed by atoms with Gasteiger partial charge < -0.3 is 4.74 Å². The molecule has 2 aromatic heterocycles. The smallest absolute Gasteiger partial charge is 0.260 e. The molecule has 0 radical (unpaired) electrons. The highest BCUT2D eigenvalue weighted by Crippen LogP contribution is 2.32.